The molecule has 0 saturated carbocycles. The van der Waals surface area contributed by atoms with Gasteiger partial charge in [-0.25, -0.2) is 19.0 Å². The van der Waals surface area contributed by atoms with Gasteiger partial charge in [0, 0.05) is 32.4 Å². The molecule has 0 aliphatic carbocycles. The Balaban J connectivity index is 1.42. The molecule has 1 aliphatic heterocycles. The molecule has 2 heterocycles. The molecule has 3 N–H and O–H groups in total. The molecule has 1 amide bonds. The highest BCUT2D eigenvalue weighted by molar-refractivity contribution is 5.79. The first-order valence-electron chi connectivity index (χ1n) is 12.8. The van der Waals surface area contributed by atoms with Gasteiger partial charge < -0.3 is 30.1 Å². The number of nitrogens with zero attached hydrogens (tertiary/aromatic N) is 2. The SMILES string of the molecule is COCCN(CCCCc1ccc2c(n1)NCCC2)CCC(NC(=O)OCc1ccc(F)cc1)C(=O)O. The molecule has 3 rings (SSSR count). The molecule has 37 heavy (non-hydrogen) atoms. The fourth-order valence-corrected chi connectivity index (χ4v) is 4.19. The molecule has 1 unspecified atom stereocenters. The van der Waals surface area contributed by atoms with Gasteiger partial charge in [0.1, 0.15) is 24.3 Å². The third-order valence-corrected chi connectivity index (χ3v) is 6.33. The van der Waals surface area contributed by atoms with Crippen LogP contribution in [0.4, 0.5) is 15.0 Å². The highest BCUT2D eigenvalue weighted by Gasteiger charge is 2.22. The van der Waals surface area contributed by atoms with E-state index in [1.54, 1.807) is 7.11 Å². The lowest BCUT2D eigenvalue weighted by Gasteiger charge is -2.24. The maximum atomic E-state index is 13.0. The van der Waals surface area contributed by atoms with Crippen molar-refractivity contribution in [1.82, 2.24) is 15.2 Å². The number of anilines is 1. The first-order valence-corrected chi connectivity index (χ1v) is 12.8. The summed E-state index contributed by atoms with van der Waals surface area (Å²) in [5, 5.41) is 15.4. The van der Waals surface area contributed by atoms with E-state index in [2.05, 4.69) is 27.7 Å². The molecule has 0 bridgehead atoms. The van der Waals surface area contributed by atoms with Crippen molar-refractivity contribution in [2.45, 2.75) is 51.2 Å². The number of unbranched alkanes of at least 4 members (excludes halogenated alkanes) is 1. The first-order chi connectivity index (χ1) is 17.9. The third-order valence-electron chi connectivity index (χ3n) is 6.33. The van der Waals surface area contributed by atoms with Crippen molar-refractivity contribution in [3.05, 3.63) is 59.0 Å². The van der Waals surface area contributed by atoms with Crippen LogP contribution in [0.5, 0.6) is 0 Å². The number of aromatic nitrogens is 1. The van der Waals surface area contributed by atoms with Crippen molar-refractivity contribution in [3.8, 4) is 0 Å². The standard InChI is InChI=1S/C27H37FN4O5/c1-36-18-17-32(15-3-2-6-23-12-9-21-5-4-14-29-25(21)30-23)16-13-24(26(33)34)31-27(35)37-19-20-7-10-22(28)11-8-20/h7-12,24H,2-6,13-19H2,1H3,(H,29,30)(H,31,35)(H,33,34). The average molecular weight is 517 g/mol. The number of nitrogens with one attached hydrogen (secondary N) is 2. The van der Waals surface area contributed by atoms with E-state index in [1.807, 2.05) is 0 Å². The summed E-state index contributed by atoms with van der Waals surface area (Å²) in [6, 6.07) is 8.73. The van der Waals surface area contributed by atoms with Crippen LogP contribution in [0.2, 0.25) is 0 Å². The minimum Gasteiger partial charge on any atom is -0.480 e. The summed E-state index contributed by atoms with van der Waals surface area (Å²) >= 11 is 0. The summed E-state index contributed by atoms with van der Waals surface area (Å²) in [4.78, 5) is 30.8. The van der Waals surface area contributed by atoms with Crippen LogP contribution >= 0.6 is 0 Å². The molecule has 1 aliphatic rings. The number of hydrogen-bond acceptors (Lipinski definition) is 7. The molecule has 0 fully saturated rings. The molecular formula is C27H37FN4O5. The van der Waals surface area contributed by atoms with Crippen LogP contribution in [0.25, 0.3) is 0 Å². The van der Waals surface area contributed by atoms with E-state index in [0.717, 1.165) is 56.7 Å². The highest BCUT2D eigenvalue weighted by Crippen LogP contribution is 2.20. The number of halogens is 1. The molecule has 0 radical (unpaired) electrons. The molecular weight excluding hydrogens is 479 g/mol. The van der Waals surface area contributed by atoms with Crippen LogP contribution in [0.15, 0.2) is 36.4 Å². The number of carbonyl (C=O) groups excluding carboxylic acids is 1. The van der Waals surface area contributed by atoms with E-state index in [1.165, 1.54) is 29.8 Å². The number of aliphatic carboxylic acids is 1. The lowest BCUT2D eigenvalue weighted by Crippen LogP contribution is -2.43. The van der Waals surface area contributed by atoms with Gasteiger partial charge in [-0.05, 0) is 74.4 Å². The number of hydrogen-bond donors (Lipinski definition) is 3. The average Bonchev–Trinajstić information content (AvgIpc) is 2.90. The summed E-state index contributed by atoms with van der Waals surface area (Å²) in [7, 11) is 1.63. The van der Waals surface area contributed by atoms with Crippen molar-refractivity contribution < 1.29 is 28.6 Å². The van der Waals surface area contributed by atoms with Crippen molar-refractivity contribution in [3.63, 3.8) is 0 Å². The zero-order valence-electron chi connectivity index (χ0n) is 21.4. The summed E-state index contributed by atoms with van der Waals surface area (Å²) in [5.41, 5.74) is 2.96. The van der Waals surface area contributed by atoms with Crippen LogP contribution < -0.4 is 10.6 Å². The monoisotopic (exact) mass is 516 g/mol. The Morgan fingerprint density at radius 1 is 1.16 bits per heavy atom. The number of amides is 1. The van der Waals surface area contributed by atoms with Crippen LogP contribution in [0.1, 0.15) is 42.5 Å². The van der Waals surface area contributed by atoms with Gasteiger partial charge in [0.2, 0.25) is 0 Å². The van der Waals surface area contributed by atoms with Crippen molar-refractivity contribution >= 4 is 17.9 Å². The fraction of sp³-hybridized carbons (Fsp3) is 0.519. The van der Waals surface area contributed by atoms with E-state index in [0.29, 0.717) is 25.3 Å². The summed E-state index contributed by atoms with van der Waals surface area (Å²) < 4.78 is 23.3. The van der Waals surface area contributed by atoms with Crippen molar-refractivity contribution in [1.29, 1.82) is 0 Å². The van der Waals surface area contributed by atoms with E-state index in [4.69, 9.17) is 14.5 Å². The predicted molar refractivity (Wildman–Crippen MR) is 138 cm³/mol. The highest BCUT2D eigenvalue weighted by atomic mass is 19.1. The quantitative estimate of drug-likeness (QED) is 0.308. The molecule has 202 valence electrons. The maximum absolute atomic E-state index is 13.0. The Bertz CT molecular complexity index is 1000. The topological polar surface area (TPSA) is 113 Å². The minimum atomic E-state index is -1.13. The second-order valence-electron chi connectivity index (χ2n) is 9.16. The molecule has 9 nitrogen and oxygen atoms in total. The van der Waals surface area contributed by atoms with Crippen LogP contribution in [0, 0.1) is 5.82 Å². The predicted octanol–water partition coefficient (Wildman–Crippen LogP) is 3.62. The van der Waals surface area contributed by atoms with Crippen LogP contribution in [-0.2, 0) is 33.7 Å². The Morgan fingerprint density at radius 3 is 2.73 bits per heavy atom. The maximum Gasteiger partial charge on any atom is 0.408 e. The molecule has 1 aromatic heterocycles. The number of benzene rings is 1. The number of carbonyl (C=O) groups is 2. The van der Waals surface area contributed by atoms with Gasteiger partial charge in [-0.3, -0.25) is 0 Å². The summed E-state index contributed by atoms with van der Waals surface area (Å²) in [6.07, 6.45) is 4.39. The second kappa shape index (κ2) is 15.1. The van der Waals surface area contributed by atoms with Gasteiger partial charge >= 0.3 is 12.1 Å². The number of methoxy groups -OCH3 is 1. The van der Waals surface area contributed by atoms with Crippen molar-refractivity contribution in [2.24, 2.45) is 0 Å². The smallest absolute Gasteiger partial charge is 0.408 e. The molecule has 10 heteroatoms. The van der Waals surface area contributed by atoms with Gasteiger partial charge in [0.05, 0.1) is 6.61 Å². The fourth-order valence-electron chi connectivity index (χ4n) is 4.19. The number of carboxylic acids is 1. The second-order valence-corrected chi connectivity index (χ2v) is 9.16. The number of rotatable bonds is 15. The number of alkyl carbamates (subject to hydrolysis) is 1. The number of aryl methyl sites for hydroxylation is 2. The molecule has 1 aromatic carbocycles. The van der Waals surface area contributed by atoms with E-state index in [9.17, 15) is 19.1 Å². The third kappa shape index (κ3) is 9.97. The van der Waals surface area contributed by atoms with Crippen LogP contribution in [-0.4, -0.2) is 73.0 Å². The van der Waals surface area contributed by atoms with Gasteiger partial charge in [0.15, 0.2) is 0 Å². The lowest BCUT2D eigenvalue weighted by molar-refractivity contribution is -0.139. The summed E-state index contributed by atoms with van der Waals surface area (Å²) in [6.45, 7) is 3.36. The number of carboxylic acid groups (broad SMARTS) is 1. The molecule has 2 aromatic rings. The molecule has 1 atom stereocenters. The number of fused-ring (bicyclic) bond motifs is 1. The molecule has 0 saturated heterocycles. The first kappa shape index (κ1) is 28.3. The Hall–Kier alpha value is -3.24. The Labute approximate surface area is 217 Å². The summed E-state index contributed by atoms with van der Waals surface area (Å²) in [5.74, 6) is -0.504. The number of pyridine rings is 1. The van der Waals surface area contributed by atoms with Gasteiger partial charge in [-0.15, -0.1) is 0 Å². The van der Waals surface area contributed by atoms with E-state index in [-0.39, 0.29) is 18.8 Å². The zero-order chi connectivity index (χ0) is 26.5. The lowest BCUT2D eigenvalue weighted by atomic mass is 10.1. The number of ether oxygens (including phenoxy) is 2. The van der Waals surface area contributed by atoms with Crippen LogP contribution in [0.3, 0.4) is 0 Å². The molecule has 0 spiro atoms. The Kier molecular flexibility index (Phi) is 11.6. The van der Waals surface area contributed by atoms with E-state index < -0.39 is 18.1 Å². The zero-order valence-corrected chi connectivity index (χ0v) is 21.4. The van der Waals surface area contributed by atoms with E-state index >= 15 is 0 Å². The normalized spacial score (nSPS) is 13.5. The largest absolute Gasteiger partial charge is 0.480 e. The minimum absolute atomic E-state index is 0.0758. The van der Waals surface area contributed by atoms with Gasteiger partial charge in [0.25, 0.3) is 0 Å². The van der Waals surface area contributed by atoms with Crippen molar-refractivity contribution in [2.75, 3.05) is 45.2 Å². The Morgan fingerprint density at radius 2 is 1.97 bits per heavy atom. The van der Waals surface area contributed by atoms with Gasteiger partial charge in [-0.1, -0.05) is 18.2 Å². The van der Waals surface area contributed by atoms with Gasteiger partial charge in [-0.2, -0.15) is 0 Å².